The number of anilines is 1. The Labute approximate surface area is 122 Å². The van der Waals surface area contributed by atoms with E-state index in [-0.39, 0.29) is 11.4 Å². The van der Waals surface area contributed by atoms with Crippen LogP contribution >= 0.6 is 11.8 Å². The van der Waals surface area contributed by atoms with Gasteiger partial charge in [0.05, 0.1) is 5.37 Å². The zero-order valence-corrected chi connectivity index (χ0v) is 12.5. The molecule has 0 bridgehead atoms. The molecule has 0 saturated carbocycles. The quantitative estimate of drug-likeness (QED) is 0.880. The van der Waals surface area contributed by atoms with E-state index in [9.17, 15) is 14.7 Å². The highest BCUT2D eigenvalue weighted by atomic mass is 32.2. The fraction of sp³-hybridized carbons (Fsp3) is 0.429. The first-order valence-electron chi connectivity index (χ1n) is 6.41. The summed E-state index contributed by atoms with van der Waals surface area (Å²) in [6.45, 7) is 5.70. The van der Waals surface area contributed by atoms with Gasteiger partial charge in [0, 0.05) is 11.4 Å². The lowest BCUT2D eigenvalue weighted by Gasteiger charge is -2.25. The number of carboxylic acids is 1. The molecule has 0 radical (unpaired) electrons. The molecular formula is C14H18N2O3S. The standard InChI is InChI=1S/C14H18N2O3S/c1-8-4-5-9(2)11(6-8)15-14(19)16-10(3)20-7-12(16)13(17)18/h4-6,10,12H,7H2,1-3H3,(H,15,19)(H,17,18). The summed E-state index contributed by atoms with van der Waals surface area (Å²) in [5, 5.41) is 11.9. The van der Waals surface area contributed by atoms with E-state index >= 15 is 0 Å². The second kappa shape index (κ2) is 5.75. The molecule has 0 aromatic heterocycles. The molecule has 2 N–H and O–H groups in total. The highest BCUT2D eigenvalue weighted by Crippen LogP contribution is 2.29. The van der Waals surface area contributed by atoms with Gasteiger partial charge in [-0.2, -0.15) is 0 Å². The molecule has 20 heavy (non-hydrogen) atoms. The van der Waals surface area contributed by atoms with Crippen LogP contribution < -0.4 is 5.32 Å². The maximum atomic E-state index is 12.3. The van der Waals surface area contributed by atoms with Crippen molar-refractivity contribution < 1.29 is 14.7 Å². The van der Waals surface area contributed by atoms with Crippen LogP contribution in [0, 0.1) is 13.8 Å². The number of carboxylic acid groups (broad SMARTS) is 1. The van der Waals surface area contributed by atoms with Crippen molar-refractivity contribution in [2.75, 3.05) is 11.1 Å². The minimum absolute atomic E-state index is 0.138. The summed E-state index contributed by atoms with van der Waals surface area (Å²) in [7, 11) is 0. The third-order valence-corrected chi connectivity index (χ3v) is 4.59. The molecule has 1 aromatic carbocycles. The molecular weight excluding hydrogens is 276 g/mol. The van der Waals surface area contributed by atoms with E-state index in [0.29, 0.717) is 5.75 Å². The molecule has 1 aliphatic heterocycles. The molecule has 2 unspecified atom stereocenters. The van der Waals surface area contributed by atoms with Gasteiger partial charge in [-0.15, -0.1) is 11.8 Å². The Hall–Kier alpha value is -1.69. The van der Waals surface area contributed by atoms with Crippen LogP contribution in [-0.4, -0.2) is 39.2 Å². The Morgan fingerprint density at radius 2 is 2.10 bits per heavy atom. The van der Waals surface area contributed by atoms with E-state index in [1.807, 2.05) is 39.0 Å². The number of aliphatic carboxylic acids is 1. The normalized spacial score (nSPS) is 21.9. The number of amides is 2. The largest absolute Gasteiger partial charge is 0.480 e. The van der Waals surface area contributed by atoms with Crippen LogP contribution in [0.4, 0.5) is 10.5 Å². The van der Waals surface area contributed by atoms with Gasteiger partial charge in [-0.25, -0.2) is 9.59 Å². The van der Waals surface area contributed by atoms with E-state index in [1.165, 1.54) is 16.7 Å². The molecule has 6 heteroatoms. The Morgan fingerprint density at radius 1 is 1.40 bits per heavy atom. The van der Waals surface area contributed by atoms with Crippen molar-refractivity contribution in [3.8, 4) is 0 Å². The number of thioether (sulfide) groups is 1. The lowest BCUT2D eigenvalue weighted by atomic mass is 10.1. The molecule has 5 nitrogen and oxygen atoms in total. The number of hydrogen-bond acceptors (Lipinski definition) is 3. The molecule has 2 rings (SSSR count). The van der Waals surface area contributed by atoms with Crippen LogP contribution in [0.3, 0.4) is 0 Å². The van der Waals surface area contributed by atoms with Gasteiger partial charge in [0.1, 0.15) is 6.04 Å². The first-order valence-corrected chi connectivity index (χ1v) is 7.46. The lowest BCUT2D eigenvalue weighted by molar-refractivity contribution is -0.141. The van der Waals surface area contributed by atoms with E-state index < -0.39 is 12.0 Å². The number of urea groups is 1. The molecule has 0 aliphatic carbocycles. The predicted molar refractivity (Wildman–Crippen MR) is 80.1 cm³/mol. The topological polar surface area (TPSA) is 69.6 Å². The van der Waals surface area contributed by atoms with Gasteiger partial charge in [-0.1, -0.05) is 12.1 Å². The number of hydrogen-bond donors (Lipinski definition) is 2. The van der Waals surface area contributed by atoms with Crippen LogP contribution in [-0.2, 0) is 4.79 Å². The Bertz CT molecular complexity index is 547. The molecule has 2 atom stereocenters. The molecule has 1 heterocycles. The number of aryl methyl sites for hydroxylation is 2. The Kier molecular flexibility index (Phi) is 4.23. The van der Waals surface area contributed by atoms with Gasteiger partial charge >= 0.3 is 12.0 Å². The van der Waals surface area contributed by atoms with Crippen molar-refractivity contribution >= 4 is 29.4 Å². The fourth-order valence-corrected chi connectivity index (χ4v) is 3.36. The van der Waals surface area contributed by atoms with E-state index in [4.69, 9.17) is 0 Å². The first-order chi connectivity index (χ1) is 9.40. The molecule has 1 fully saturated rings. The summed E-state index contributed by atoms with van der Waals surface area (Å²) >= 11 is 1.47. The fourth-order valence-electron chi connectivity index (χ4n) is 2.19. The van der Waals surface area contributed by atoms with Crippen molar-refractivity contribution in [2.24, 2.45) is 0 Å². The summed E-state index contributed by atoms with van der Waals surface area (Å²) < 4.78 is 0. The van der Waals surface area contributed by atoms with Crippen LogP contribution in [0.1, 0.15) is 18.1 Å². The summed E-state index contributed by atoms with van der Waals surface area (Å²) in [4.78, 5) is 24.9. The molecule has 108 valence electrons. The van der Waals surface area contributed by atoms with E-state index in [0.717, 1.165) is 16.8 Å². The minimum atomic E-state index is -0.960. The Balaban J connectivity index is 2.18. The molecule has 2 amide bonds. The Morgan fingerprint density at radius 3 is 2.75 bits per heavy atom. The summed E-state index contributed by atoms with van der Waals surface area (Å²) in [5.74, 6) is -0.533. The van der Waals surface area contributed by atoms with Crippen LogP contribution in [0.25, 0.3) is 0 Å². The van der Waals surface area contributed by atoms with Crippen LogP contribution in [0.2, 0.25) is 0 Å². The summed E-state index contributed by atoms with van der Waals surface area (Å²) in [6.07, 6.45) is 0. The highest BCUT2D eigenvalue weighted by Gasteiger charge is 2.39. The summed E-state index contributed by atoms with van der Waals surface area (Å²) in [5.41, 5.74) is 2.73. The molecule has 0 spiro atoms. The summed E-state index contributed by atoms with van der Waals surface area (Å²) in [6, 6.07) is 4.67. The smallest absolute Gasteiger partial charge is 0.327 e. The van der Waals surface area contributed by atoms with Crippen LogP contribution in [0.5, 0.6) is 0 Å². The number of rotatable bonds is 2. The van der Waals surface area contributed by atoms with Crippen molar-refractivity contribution in [3.63, 3.8) is 0 Å². The average molecular weight is 294 g/mol. The molecule has 1 aliphatic rings. The SMILES string of the molecule is Cc1ccc(C)c(NC(=O)N2C(C)SCC2C(=O)O)c1. The van der Waals surface area contributed by atoms with Crippen molar-refractivity contribution in [2.45, 2.75) is 32.2 Å². The maximum Gasteiger partial charge on any atom is 0.327 e. The number of nitrogens with zero attached hydrogens (tertiary/aromatic N) is 1. The number of carbonyl (C=O) groups excluding carboxylic acids is 1. The van der Waals surface area contributed by atoms with Gasteiger partial charge in [0.15, 0.2) is 0 Å². The third-order valence-electron chi connectivity index (χ3n) is 3.38. The van der Waals surface area contributed by atoms with E-state index in [2.05, 4.69) is 5.32 Å². The second-order valence-corrected chi connectivity index (χ2v) is 6.29. The van der Waals surface area contributed by atoms with Gasteiger partial charge in [0.2, 0.25) is 0 Å². The zero-order valence-electron chi connectivity index (χ0n) is 11.7. The van der Waals surface area contributed by atoms with Gasteiger partial charge in [-0.3, -0.25) is 4.90 Å². The molecule has 1 saturated heterocycles. The van der Waals surface area contributed by atoms with Crippen LogP contribution in [0.15, 0.2) is 18.2 Å². The van der Waals surface area contributed by atoms with Crippen molar-refractivity contribution in [3.05, 3.63) is 29.3 Å². The average Bonchev–Trinajstić information content (AvgIpc) is 2.76. The predicted octanol–water partition coefficient (Wildman–Crippen LogP) is 2.68. The number of benzene rings is 1. The number of nitrogens with one attached hydrogen (secondary N) is 1. The lowest BCUT2D eigenvalue weighted by Crippen LogP contribution is -2.46. The molecule has 1 aromatic rings. The monoisotopic (exact) mass is 294 g/mol. The minimum Gasteiger partial charge on any atom is -0.480 e. The van der Waals surface area contributed by atoms with Gasteiger partial charge < -0.3 is 10.4 Å². The first kappa shape index (κ1) is 14.7. The highest BCUT2D eigenvalue weighted by molar-refractivity contribution is 8.00. The third kappa shape index (κ3) is 2.90. The maximum absolute atomic E-state index is 12.3. The second-order valence-electron chi connectivity index (χ2n) is 4.94. The number of carbonyl (C=O) groups is 2. The van der Waals surface area contributed by atoms with Crippen molar-refractivity contribution in [1.29, 1.82) is 0 Å². The van der Waals surface area contributed by atoms with Crippen molar-refractivity contribution in [1.82, 2.24) is 4.90 Å². The van der Waals surface area contributed by atoms with Gasteiger partial charge in [0.25, 0.3) is 0 Å². The van der Waals surface area contributed by atoms with E-state index in [1.54, 1.807) is 0 Å². The van der Waals surface area contributed by atoms with Gasteiger partial charge in [-0.05, 0) is 38.0 Å². The zero-order chi connectivity index (χ0) is 14.9.